The molecule has 8 heteroatoms. The summed E-state index contributed by atoms with van der Waals surface area (Å²) in [6.07, 6.45) is 1.69. The number of fused-ring (bicyclic) bond motifs is 1. The van der Waals surface area contributed by atoms with Gasteiger partial charge in [0.25, 0.3) is 5.91 Å². The smallest absolute Gasteiger partial charge is 0.338 e. The molecule has 132 valence electrons. The van der Waals surface area contributed by atoms with Gasteiger partial charge < -0.3 is 10.1 Å². The molecule has 0 radical (unpaired) electrons. The second-order valence-electron chi connectivity index (χ2n) is 6.20. The van der Waals surface area contributed by atoms with Crippen LogP contribution < -0.4 is 9.62 Å². The number of sulfonamides is 1. The number of carbonyl (C=O) groups is 2. The van der Waals surface area contributed by atoms with Crippen LogP contribution in [0.3, 0.4) is 0 Å². The molecule has 0 fully saturated rings. The van der Waals surface area contributed by atoms with Crippen molar-refractivity contribution < 1.29 is 22.7 Å². The third-order valence-corrected chi connectivity index (χ3v) is 4.79. The fraction of sp³-hybridized carbons (Fsp3) is 0.500. The minimum absolute atomic E-state index is 0.306. The van der Waals surface area contributed by atoms with E-state index in [2.05, 4.69) is 5.32 Å². The Morgan fingerprint density at radius 2 is 2.04 bits per heavy atom. The molecule has 0 spiro atoms. The lowest BCUT2D eigenvalue weighted by Gasteiger charge is -2.16. The van der Waals surface area contributed by atoms with Crippen LogP contribution in [0.5, 0.6) is 0 Å². The summed E-state index contributed by atoms with van der Waals surface area (Å²) >= 11 is 0. The van der Waals surface area contributed by atoms with Crippen molar-refractivity contribution >= 4 is 27.6 Å². The van der Waals surface area contributed by atoms with Crippen molar-refractivity contribution in [3.63, 3.8) is 0 Å². The molecule has 1 amide bonds. The first-order valence-electron chi connectivity index (χ1n) is 7.73. The van der Waals surface area contributed by atoms with E-state index in [0.29, 0.717) is 36.7 Å². The van der Waals surface area contributed by atoms with Gasteiger partial charge in [-0.3, -0.25) is 9.10 Å². The number of nitrogens with zero attached hydrogens (tertiary/aromatic N) is 1. The lowest BCUT2D eigenvalue weighted by Crippen LogP contribution is -2.31. The summed E-state index contributed by atoms with van der Waals surface area (Å²) in [6.45, 7) is 4.49. The molecule has 1 aliphatic rings. The zero-order valence-corrected chi connectivity index (χ0v) is 14.9. The average molecular weight is 354 g/mol. The number of esters is 1. The monoisotopic (exact) mass is 354 g/mol. The second-order valence-corrected chi connectivity index (χ2v) is 8.11. The standard InChI is InChI=1S/C16H22N2O5S/c1-11(2)9-17-15(19)10-23-16(20)13-4-5-14-12(8-13)6-7-18(14)24(3,21)22/h4-5,8,11H,6-7,9-10H2,1-3H3,(H,17,19). The van der Waals surface area contributed by atoms with Crippen molar-refractivity contribution in [2.45, 2.75) is 20.3 Å². The summed E-state index contributed by atoms with van der Waals surface area (Å²) in [6, 6.07) is 4.73. The number of benzene rings is 1. The maximum Gasteiger partial charge on any atom is 0.338 e. The number of hydrogen-bond acceptors (Lipinski definition) is 5. The number of anilines is 1. The molecule has 1 heterocycles. The predicted molar refractivity (Wildman–Crippen MR) is 90.5 cm³/mol. The molecule has 7 nitrogen and oxygen atoms in total. The van der Waals surface area contributed by atoms with E-state index in [-0.39, 0.29) is 12.5 Å². The molecule has 1 aromatic carbocycles. The summed E-state index contributed by atoms with van der Waals surface area (Å²) in [7, 11) is -3.32. The van der Waals surface area contributed by atoms with Crippen LogP contribution in [-0.4, -0.2) is 46.2 Å². The summed E-state index contributed by atoms with van der Waals surface area (Å²) < 4.78 is 29.7. The highest BCUT2D eigenvalue weighted by atomic mass is 32.2. The SMILES string of the molecule is CC(C)CNC(=O)COC(=O)c1ccc2c(c1)CCN2S(C)(=O)=O. The van der Waals surface area contributed by atoms with Crippen LogP contribution in [0.1, 0.15) is 29.8 Å². The largest absolute Gasteiger partial charge is 0.452 e. The zero-order valence-electron chi connectivity index (χ0n) is 14.0. The van der Waals surface area contributed by atoms with Crippen LogP contribution in [0, 0.1) is 5.92 Å². The van der Waals surface area contributed by atoms with Crippen LogP contribution in [0.25, 0.3) is 0 Å². The first-order chi connectivity index (χ1) is 11.2. The first-order valence-corrected chi connectivity index (χ1v) is 9.57. The van der Waals surface area contributed by atoms with Gasteiger partial charge in [-0.05, 0) is 36.1 Å². The highest BCUT2D eigenvalue weighted by molar-refractivity contribution is 7.92. The van der Waals surface area contributed by atoms with Gasteiger partial charge in [0.05, 0.1) is 17.5 Å². The highest BCUT2D eigenvalue weighted by Gasteiger charge is 2.27. The molecular formula is C16H22N2O5S. The van der Waals surface area contributed by atoms with Crippen LogP contribution in [0.2, 0.25) is 0 Å². The number of amides is 1. The summed E-state index contributed by atoms with van der Waals surface area (Å²) in [5.41, 5.74) is 1.67. The molecule has 1 N–H and O–H groups in total. The summed E-state index contributed by atoms with van der Waals surface area (Å²) in [4.78, 5) is 23.6. The second kappa shape index (κ2) is 7.21. The number of hydrogen-bond donors (Lipinski definition) is 1. The van der Waals surface area contributed by atoms with Crippen LogP contribution in [0.4, 0.5) is 5.69 Å². The van der Waals surface area contributed by atoms with Crippen molar-refractivity contribution in [3.05, 3.63) is 29.3 Å². The molecule has 1 aliphatic heterocycles. The number of carbonyl (C=O) groups excluding carboxylic acids is 2. The van der Waals surface area contributed by atoms with E-state index in [4.69, 9.17) is 4.74 Å². The van der Waals surface area contributed by atoms with Crippen LogP contribution >= 0.6 is 0 Å². The Morgan fingerprint density at radius 3 is 2.67 bits per heavy atom. The van der Waals surface area contributed by atoms with E-state index in [1.165, 1.54) is 10.4 Å². The fourth-order valence-corrected chi connectivity index (χ4v) is 3.38. The van der Waals surface area contributed by atoms with E-state index in [1.54, 1.807) is 12.1 Å². The summed E-state index contributed by atoms with van der Waals surface area (Å²) in [5, 5.41) is 2.66. The van der Waals surface area contributed by atoms with E-state index in [1.807, 2.05) is 13.8 Å². The Morgan fingerprint density at radius 1 is 1.33 bits per heavy atom. The number of ether oxygens (including phenoxy) is 1. The number of nitrogens with one attached hydrogen (secondary N) is 1. The third-order valence-electron chi connectivity index (χ3n) is 3.61. The molecule has 0 bridgehead atoms. The molecule has 24 heavy (non-hydrogen) atoms. The van der Waals surface area contributed by atoms with E-state index < -0.39 is 16.0 Å². The van der Waals surface area contributed by atoms with Crippen molar-refractivity contribution in [1.82, 2.24) is 5.32 Å². The molecule has 0 atom stereocenters. The maximum atomic E-state index is 12.0. The predicted octanol–water partition coefficient (Wildman–Crippen LogP) is 0.938. The highest BCUT2D eigenvalue weighted by Crippen LogP contribution is 2.30. The number of rotatable bonds is 6. The van der Waals surface area contributed by atoms with Gasteiger partial charge >= 0.3 is 5.97 Å². The van der Waals surface area contributed by atoms with Crippen LogP contribution in [0.15, 0.2) is 18.2 Å². The minimum atomic E-state index is -3.32. The van der Waals surface area contributed by atoms with Gasteiger partial charge in [0.2, 0.25) is 10.0 Å². The van der Waals surface area contributed by atoms with Crippen molar-refractivity contribution in [3.8, 4) is 0 Å². The Labute approximate surface area is 142 Å². The minimum Gasteiger partial charge on any atom is -0.452 e. The molecule has 0 saturated carbocycles. The molecule has 1 aromatic rings. The normalized spacial score (nSPS) is 13.8. The fourth-order valence-electron chi connectivity index (χ4n) is 2.43. The molecule has 0 unspecified atom stereocenters. The average Bonchev–Trinajstić information content (AvgIpc) is 2.93. The zero-order chi connectivity index (χ0) is 17.9. The van der Waals surface area contributed by atoms with Crippen molar-refractivity contribution in [2.24, 2.45) is 5.92 Å². The lowest BCUT2D eigenvalue weighted by atomic mass is 10.1. The Hall–Kier alpha value is -2.09. The van der Waals surface area contributed by atoms with Crippen molar-refractivity contribution in [1.29, 1.82) is 0 Å². The van der Waals surface area contributed by atoms with Gasteiger partial charge in [-0.25, -0.2) is 13.2 Å². The van der Waals surface area contributed by atoms with E-state index in [0.717, 1.165) is 11.8 Å². The van der Waals surface area contributed by atoms with Gasteiger partial charge in [-0.15, -0.1) is 0 Å². The third kappa shape index (κ3) is 4.47. The van der Waals surface area contributed by atoms with E-state index >= 15 is 0 Å². The summed E-state index contributed by atoms with van der Waals surface area (Å²) in [5.74, 6) is -0.629. The lowest BCUT2D eigenvalue weighted by molar-refractivity contribution is -0.124. The molecular weight excluding hydrogens is 332 g/mol. The van der Waals surface area contributed by atoms with Gasteiger partial charge in [0.15, 0.2) is 6.61 Å². The first kappa shape index (κ1) is 18.3. The molecule has 0 saturated heterocycles. The molecule has 0 aliphatic carbocycles. The maximum absolute atomic E-state index is 12.0. The van der Waals surface area contributed by atoms with Gasteiger partial charge in [0.1, 0.15) is 0 Å². The van der Waals surface area contributed by atoms with Gasteiger partial charge in [-0.2, -0.15) is 0 Å². The van der Waals surface area contributed by atoms with Gasteiger partial charge in [-0.1, -0.05) is 13.8 Å². The molecule has 0 aromatic heterocycles. The quantitative estimate of drug-likeness (QED) is 0.768. The molecule has 2 rings (SSSR count). The Balaban J connectivity index is 1.99. The van der Waals surface area contributed by atoms with E-state index in [9.17, 15) is 18.0 Å². The van der Waals surface area contributed by atoms with Gasteiger partial charge in [0, 0.05) is 13.1 Å². The van der Waals surface area contributed by atoms with Crippen molar-refractivity contribution in [2.75, 3.05) is 30.3 Å². The topological polar surface area (TPSA) is 92.8 Å². The Kier molecular flexibility index (Phi) is 5.48. The van der Waals surface area contributed by atoms with Crippen LogP contribution in [-0.2, 0) is 26.0 Å². The Bertz CT molecular complexity index is 743.